The summed E-state index contributed by atoms with van der Waals surface area (Å²) in [6.45, 7) is 14.0. The van der Waals surface area contributed by atoms with Crippen molar-refractivity contribution < 1.29 is 19.0 Å². The maximum Gasteiger partial charge on any atom is 0.260 e. The predicted molar refractivity (Wildman–Crippen MR) is 123 cm³/mol. The molecule has 2 aromatic rings. The van der Waals surface area contributed by atoms with E-state index in [0.717, 1.165) is 22.4 Å². The van der Waals surface area contributed by atoms with Crippen LogP contribution in [0.15, 0.2) is 48.1 Å². The molecule has 1 fully saturated rings. The van der Waals surface area contributed by atoms with Crippen molar-refractivity contribution in [1.82, 2.24) is 4.90 Å². The molecule has 164 valence electrons. The van der Waals surface area contributed by atoms with Crippen LogP contribution in [0, 0.1) is 6.92 Å². The van der Waals surface area contributed by atoms with Crippen molar-refractivity contribution in [3.8, 4) is 17.2 Å². The van der Waals surface area contributed by atoms with Crippen molar-refractivity contribution in [3.05, 3.63) is 54.1 Å². The quantitative estimate of drug-likeness (QED) is 0.472. The Morgan fingerprint density at radius 3 is 2.45 bits per heavy atom. The molecule has 0 saturated carbocycles. The third-order valence-electron chi connectivity index (χ3n) is 5.10. The van der Waals surface area contributed by atoms with Gasteiger partial charge in [0.05, 0.1) is 18.9 Å². The molecule has 2 aromatic carbocycles. The summed E-state index contributed by atoms with van der Waals surface area (Å²) in [6, 6.07) is 11.2. The van der Waals surface area contributed by atoms with Gasteiger partial charge < -0.3 is 19.1 Å². The number of rotatable bonds is 8. The third kappa shape index (κ3) is 5.64. The molecule has 0 unspecified atom stereocenters. The minimum absolute atomic E-state index is 0.00220. The highest BCUT2D eigenvalue weighted by atomic mass is 16.5. The zero-order valence-corrected chi connectivity index (χ0v) is 18.4. The molecular weight excluding hydrogens is 394 g/mol. The van der Waals surface area contributed by atoms with Crippen LogP contribution in [0.2, 0.25) is 0 Å². The van der Waals surface area contributed by atoms with Crippen LogP contribution in [-0.2, 0) is 9.53 Å². The lowest BCUT2D eigenvalue weighted by atomic mass is 10.0. The lowest BCUT2D eigenvalue weighted by Gasteiger charge is -2.26. The number of hydrogen-bond donors (Lipinski definition) is 0. The summed E-state index contributed by atoms with van der Waals surface area (Å²) in [7, 11) is 1.84. The lowest BCUT2D eigenvalue weighted by molar-refractivity contribution is -0.137. The number of hydrazone groups is 1. The normalized spacial score (nSPS) is 13.5. The van der Waals surface area contributed by atoms with Gasteiger partial charge in [-0.25, -0.2) is 0 Å². The summed E-state index contributed by atoms with van der Waals surface area (Å²) in [5.74, 6) is 1.90. The predicted octanol–water partition coefficient (Wildman–Crippen LogP) is 4.11. The molecule has 1 amide bonds. The average Bonchev–Trinajstić information content (AvgIpc) is 2.79. The van der Waals surface area contributed by atoms with E-state index in [1.54, 1.807) is 22.0 Å². The summed E-state index contributed by atoms with van der Waals surface area (Å²) in [5.41, 5.74) is 3.78. The van der Waals surface area contributed by atoms with Crippen LogP contribution in [0.25, 0.3) is 5.57 Å². The van der Waals surface area contributed by atoms with Crippen LogP contribution < -0.4 is 14.5 Å². The molecule has 0 atom stereocenters. The van der Waals surface area contributed by atoms with Gasteiger partial charge >= 0.3 is 0 Å². The molecule has 31 heavy (non-hydrogen) atoms. The van der Waals surface area contributed by atoms with Crippen molar-refractivity contribution >= 4 is 23.9 Å². The van der Waals surface area contributed by atoms with E-state index in [1.807, 2.05) is 45.2 Å². The number of ether oxygens (including phenoxy) is 3. The Morgan fingerprint density at radius 2 is 1.84 bits per heavy atom. The van der Waals surface area contributed by atoms with Crippen LogP contribution in [0.4, 0.5) is 5.69 Å². The molecule has 1 aliphatic rings. The van der Waals surface area contributed by atoms with Gasteiger partial charge in [-0.15, -0.1) is 0 Å². The van der Waals surface area contributed by atoms with Crippen molar-refractivity contribution in [1.29, 1.82) is 0 Å². The molecule has 0 N–H and O–H groups in total. The molecule has 7 nitrogen and oxygen atoms in total. The van der Waals surface area contributed by atoms with Gasteiger partial charge in [0.2, 0.25) is 0 Å². The molecule has 0 spiro atoms. The van der Waals surface area contributed by atoms with Crippen LogP contribution in [0.1, 0.15) is 18.1 Å². The minimum atomic E-state index is -0.0399. The molecule has 0 bridgehead atoms. The van der Waals surface area contributed by atoms with Crippen molar-refractivity contribution in [2.75, 3.05) is 45.0 Å². The molecule has 0 radical (unpaired) electrons. The first-order chi connectivity index (χ1) is 14.9. The summed E-state index contributed by atoms with van der Waals surface area (Å²) in [5, 5.41) is 5.67. The number of carbonyl (C=O) groups is 1. The van der Waals surface area contributed by atoms with E-state index in [2.05, 4.69) is 18.4 Å². The van der Waals surface area contributed by atoms with Gasteiger partial charge in [0.15, 0.2) is 6.61 Å². The van der Waals surface area contributed by atoms with Crippen LogP contribution >= 0.6 is 0 Å². The van der Waals surface area contributed by atoms with Crippen molar-refractivity contribution in [2.24, 2.45) is 5.10 Å². The van der Waals surface area contributed by atoms with Gasteiger partial charge in [-0.3, -0.25) is 9.80 Å². The number of anilines is 1. The molecule has 0 aromatic heterocycles. The van der Waals surface area contributed by atoms with Crippen molar-refractivity contribution in [2.45, 2.75) is 13.8 Å². The summed E-state index contributed by atoms with van der Waals surface area (Å²) >= 11 is 0. The van der Waals surface area contributed by atoms with Crippen LogP contribution in [-0.4, -0.2) is 57.5 Å². The first-order valence-corrected chi connectivity index (χ1v) is 10.2. The Bertz CT molecular complexity index is 950. The van der Waals surface area contributed by atoms with Gasteiger partial charge in [0, 0.05) is 38.5 Å². The smallest absolute Gasteiger partial charge is 0.260 e. The first kappa shape index (κ1) is 22.4. The fourth-order valence-electron chi connectivity index (χ4n) is 3.30. The van der Waals surface area contributed by atoms with Gasteiger partial charge in [-0.1, -0.05) is 6.58 Å². The summed E-state index contributed by atoms with van der Waals surface area (Å²) < 4.78 is 17.1. The summed E-state index contributed by atoms with van der Waals surface area (Å²) in [4.78, 5) is 14.0. The maximum absolute atomic E-state index is 12.2. The SMILES string of the molecule is C=NN(C)c1cc(Oc2ccc(OCC(=O)N3CCOCC3)cc2)c(C(=C)C)cc1C. The standard InChI is InChI=1S/C24H29N3O4/c1-17(2)21-14-18(3)22(26(5)25-4)15-23(21)31-20-8-6-19(7-9-20)30-16-24(28)27-10-12-29-13-11-27/h6-9,14-15H,1,4,10-13,16H2,2-3,5H3. The maximum atomic E-state index is 12.2. The van der Waals surface area contributed by atoms with Crippen LogP contribution in [0.3, 0.4) is 0 Å². The van der Waals surface area contributed by atoms with Gasteiger partial charge in [0.1, 0.15) is 17.2 Å². The number of allylic oxidation sites excluding steroid dienone is 1. The number of amides is 1. The van der Waals surface area contributed by atoms with E-state index in [-0.39, 0.29) is 12.5 Å². The Balaban J connectivity index is 1.69. The highest BCUT2D eigenvalue weighted by molar-refractivity contribution is 5.78. The number of nitrogens with zero attached hydrogens (tertiary/aromatic N) is 3. The molecule has 1 aliphatic heterocycles. The Morgan fingerprint density at radius 1 is 1.19 bits per heavy atom. The largest absolute Gasteiger partial charge is 0.484 e. The average molecular weight is 424 g/mol. The molecule has 1 heterocycles. The van der Waals surface area contributed by atoms with Crippen molar-refractivity contribution in [3.63, 3.8) is 0 Å². The molecule has 1 saturated heterocycles. The van der Waals surface area contributed by atoms with Gasteiger partial charge in [-0.2, -0.15) is 5.10 Å². The van der Waals surface area contributed by atoms with E-state index in [9.17, 15) is 4.79 Å². The van der Waals surface area contributed by atoms with E-state index in [4.69, 9.17) is 14.2 Å². The second-order valence-corrected chi connectivity index (χ2v) is 7.44. The highest BCUT2D eigenvalue weighted by Crippen LogP contribution is 2.36. The lowest BCUT2D eigenvalue weighted by Crippen LogP contribution is -2.42. The minimum Gasteiger partial charge on any atom is -0.484 e. The Hall–Kier alpha value is -3.32. The monoisotopic (exact) mass is 423 g/mol. The fourth-order valence-corrected chi connectivity index (χ4v) is 3.30. The fraction of sp³-hybridized carbons (Fsp3) is 0.333. The number of hydrogen-bond acceptors (Lipinski definition) is 6. The Kier molecular flexibility index (Phi) is 7.31. The third-order valence-corrected chi connectivity index (χ3v) is 5.10. The first-order valence-electron chi connectivity index (χ1n) is 10.2. The van der Waals surface area contributed by atoms with E-state index in [0.29, 0.717) is 43.6 Å². The number of aryl methyl sites for hydroxylation is 1. The van der Waals surface area contributed by atoms with E-state index in [1.165, 1.54) is 0 Å². The second-order valence-electron chi connectivity index (χ2n) is 7.44. The van der Waals surface area contributed by atoms with Gasteiger partial charge in [0.25, 0.3) is 5.91 Å². The zero-order chi connectivity index (χ0) is 22.4. The zero-order valence-electron chi connectivity index (χ0n) is 18.4. The molecular formula is C24H29N3O4. The topological polar surface area (TPSA) is 63.6 Å². The summed E-state index contributed by atoms with van der Waals surface area (Å²) in [6.07, 6.45) is 0. The van der Waals surface area contributed by atoms with E-state index >= 15 is 0 Å². The van der Waals surface area contributed by atoms with Gasteiger partial charge in [-0.05, 0) is 55.3 Å². The van der Waals surface area contributed by atoms with Crippen LogP contribution in [0.5, 0.6) is 17.2 Å². The molecule has 0 aliphatic carbocycles. The number of morpholine rings is 1. The highest BCUT2D eigenvalue weighted by Gasteiger charge is 2.17. The molecule has 7 heteroatoms. The second kappa shape index (κ2) is 10.1. The van der Waals surface area contributed by atoms with E-state index < -0.39 is 0 Å². The Labute approximate surface area is 183 Å². The number of benzene rings is 2. The molecule has 3 rings (SSSR count). The number of carbonyl (C=O) groups excluding carboxylic acids is 1.